The van der Waals surface area contributed by atoms with Gasteiger partial charge in [-0.15, -0.1) is 0 Å². The Kier molecular flexibility index (Phi) is 3.84. The third-order valence-electron chi connectivity index (χ3n) is 4.51. The Morgan fingerprint density at radius 3 is 2.76 bits per heavy atom. The molecule has 2 aromatic carbocycles. The largest absolute Gasteiger partial charge is 0.338 e. The molecule has 0 aliphatic heterocycles. The number of aryl methyl sites for hydroxylation is 1. The lowest BCUT2D eigenvalue weighted by Gasteiger charge is -2.01. The van der Waals surface area contributed by atoms with E-state index < -0.39 is 0 Å². The molecular formula is C20H17FN2O2. The van der Waals surface area contributed by atoms with Crippen LogP contribution < -0.4 is 5.32 Å². The predicted octanol–water partition coefficient (Wildman–Crippen LogP) is 4.53. The van der Waals surface area contributed by atoms with Gasteiger partial charge in [0.15, 0.2) is 0 Å². The zero-order chi connectivity index (χ0) is 17.4. The predicted molar refractivity (Wildman–Crippen MR) is 92.6 cm³/mol. The number of carbonyl (C=O) groups excluding carboxylic acids is 1. The number of nitrogens with zero attached hydrogens (tertiary/aromatic N) is 1. The highest BCUT2D eigenvalue weighted by Crippen LogP contribution is 2.48. The second-order valence-electron chi connectivity index (χ2n) is 6.44. The van der Waals surface area contributed by atoms with E-state index in [9.17, 15) is 9.18 Å². The van der Waals surface area contributed by atoms with Gasteiger partial charge in [0.1, 0.15) is 11.5 Å². The van der Waals surface area contributed by atoms with Crippen molar-refractivity contribution in [1.29, 1.82) is 0 Å². The summed E-state index contributed by atoms with van der Waals surface area (Å²) in [6, 6.07) is 16.0. The van der Waals surface area contributed by atoms with Gasteiger partial charge < -0.3 is 4.52 Å². The van der Waals surface area contributed by atoms with Crippen LogP contribution in [0.2, 0.25) is 0 Å². The molecule has 1 saturated carbocycles. The molecule has 0 saturated heterocycles. The standard InChI is InChI=1S/C20H17FN2O2/c1-12-5-7-13(8-6-12)18-11-19(25-23-18)22-20(24)17-10-16(17)14-3-2-4-15(21)9-14/h2-9,11,16-17H,10H2,1H3,(H,22,24). The minimum absolute atomic E-state index is 0.0650. The van der Waals surface area contributed by atoms with Crippen molar-refractivity contribution in [3.05, 3.63) is 71.5 Å². The Hall–Kier alpha value is -2.95. The van der Waals surface area contributed by atoms with Crippen LogP contribution in [0, 0.1) is 18.7 Å². The summed E-state index contributed by atoms with van der Waals surface area (Å²) >= 11 is 0. The van der Waals surface area contributed by atoms with Gasteiger partial charge in [0.05, 0.1) is 0 Å². The summed E-state index contributed by atoms with van der Waals surface area (Å²) in [5.41, 5.74) is 3.63. The molecule has 0 radical (unpaired) electrons. The minimum atomic E-state index is -0.276. The fraction of sp³-hybridized carbons (Fsp3) is 0.200. The molecule has 1 aliphatic rings. The van der Waals surface area contributed by atoms with E-state index in [-0.39, 0.29) is 23.6 Å². The minimum Gasteiger partial charge on any atom is -0.338 e. The van der Waals surface area contributed by atoms with Gasteiger partial charge in [-0.2, -0.15) is 0 Å². The lowest BCUT2D eigenvalue weighted by molar-refractivity contribution is -0.117. The maximum absolute atomic E-state index is 13.3. The van der Waals surface area contributed by atoms with E-state index in [4.69, 9.17) is 4.52 Å². The quantitative estimate of drug-likeness (QED) is 0.761. The smallest absolute Gasteiger partial charge is 0.231 e. The third kappa shape index (κ3) is 3.31. The van der Waals surface area contributed by atoms with Gasteiger partial charge in [-0.1, -0.05) is 47.1 Å². The summed E-state index contributed by atoms with van der Waals surface area (Å²) in [6.07, 6.45) is 0.717. The van der Waals surface area contributed by atoms with Crippen LogP contribution in [0.1, 0.15) is 23.5 Å². The number of aromatic nitrogens is 1. The van der Waals surface area contributed by atoms with Crippen LogP contribution in [0.3, 0.4) is 0 Å². The first-order valence-electron chi connectivity index (χ1n) is 8.20. The summed E-state index contributed by atoms with van der Waals surface area (Å²) in [4.78, 5) is 12.3. The van der Waals surface area contributed by atoms with E-state index in [1.165, 1.54) is 12.1 Å². The first kappa shape index (κ1) is 15.6. The summed E-state index contributed by atoms with van der Waals surface area (Å²) in [7, 11) is 0. The van der Waals surface area contributed by atoms with Gasteiger partial charge in [-0.3, -0.25) is 10.1 Å². The van der Waals surface area contributed by atoms with E-state index in [1.807, 2.05) is 37.3 Å². The summed E-state index contributed by atoms with van der Waals surface area (Å²) < 4.78 is 18.5. The van der Waals surface area contributed by atoms with Crippen molar-refractivity contribution >= 4 is 11.8 Å². The van der Waals surface area contributed by atoms with Gasteiger partial charge in [0, 0.05) is 17.5 Å². The number of hydrogen-bond donors (Lipinski definition) is 1. The highest BCUT2D eigenvalue weighted by molar-refractivity contribution is 5.94. The fourth-order valence-corrected chi connectivity index (χ4v) is 3.00. The first-order chi connectivity index (χ1) is 12.1. The van der Waals surface area contributed by atoms with Crippen LogP contribution in [0.15, 0.2) is 59.1 Å². The van der Waals surface area contributed by atoms with Crippen molar-refractivity contribution in [2.75, 3.05) is 5.32 Å². The number of halogens is 1. The first-order valence-corrected chi connectivity index (χ1v) is 8.20. The molecule has 2 atom stereocenters. The zero-order valence-corrected chi connectivity index (χ0v) is 13.7. The van der Waals surface area contributed by atoms with Gasteiger partial charge in [0.2, 0.25) is 11.8 Å². The van der Waals surface area contributed by atoms with E-state index >= 15 is 0 Å². The Morgan fingerprint density at radius 1 is 1.20 bits per heavy atom. The molecule has 4 nitrogen and oxygen atoms in total. The van der Waals surface area contributed by atoms with Crippen molar-refractivity contribution in [3.8, 4) is 11.3 Å². The molecular weight excluding hydrogens is 319 g/mol. The highest BCUT2D eigenvalue weighted by Gasteiger charge is 2.44. The maximum atomic E-state index is 13.3. The average Bonchev–Trinajstić information content (AvgIpc) is 3.28. The second kappa shape index (κ2) is 6.16. The zero-order valence-electron chi connectivity index (χ0n) is 13.7. The van der Waals surface area contributed by atoms with Crippen molar-refractivity contribution in [3.63, 3.8) is 0 Å². The molecule has 1 heterocycles. The Labute approximate surface area is 144 Å². The Morgan fingerprint density at radius 2 is 2.00 bits per heavy atom. The molecule has 1 N–H and O–H groups in total. The number of hydrogen-bond acceptors (Lipinski definition) is 3. The van der Waals surface area contributed by atoms with E-state index in [2.05, 4.69) is 10.5 Å². The van der Waals surface area contributed by atoms with Crippen LogP contribution in [-0.4, -0.2) is 11.1 Å². The normalized spacial score (nSPS) is 18.8. The van der Waals surface area contributed by atoms with E-state index in [0.717, 1.165) is 16.7 Å². The summed E-state index contributed by atoms with van der Waals surface area (Å²) in [5, 5.41) is 6.76. The van der Waals surface area contributed by atoms with E-state index in [0.29, 0.717) is 18.0 Å². The molecule has 1 aliphatic carbocycles. The van der Waals surface area contributed by atoms with Gasteiger partial charge in [0.25, 0.3) is 0 Å². The molecule has 0 spiro atoms. The number of benzene rings is 2. The molecule has 1 amide bonds. The Balaban J connectivity index is 1.41. The third-order valence-corrected chi connectivity index (χ3v) is 4.51. The molecule has 5 heteroatoms. The molecule has 3 aromatic rings. The summed E-state index contributed by atoms with van der Waals surface area (Å²) in [5.74, 6) is -0.169. The molecule has 4 rings (SSSR count). The number of anilines is 1. The number of amides is 1. The van der Waals surface area contributed by atoms with Crippen LogP contribution in [0.25, 0.3) is 11.3 Å². The van der Waals surface area contributed by atoms with Crippen molar-refractivity contribution < 1.29 is 13.7 Å². The van der Waals surface area contributed by atoms with Gasteiger partial charge in [-0.25, -0.2) is 4.39 Å². The highest BCUT2D eigenvalue weighted by atomic mass is 19.1. The lowest BCUT2D eigenvalue weighted by Crippen LogP contribution is -2.14. The van der Waals surface area contributed by atoms with E-state index in [1.54, 1.807) is 12.1 Å². The maximum Gasteiger partial charge on any atom is 0.231 e. The van der Waals surface area contributed by atoms with Crippen molar-refractivity contribution in [2.24, 2.45) is 5.92 Å². The molecule has 126 valence electrons. The number of carbonyl (C=O) groups is 1. The molecule has 1 fully saturated rings. The van der Waals surface area contributed by atoms with Crippen molar-refractivity contribution in [2.45, 2.75) is 19.3 Å². The van der Waals surface area contributed by atoms with Gasteiger partial charge >= 0.3 is 0 Å². The monoisotopic (exact) mass is 336 g/mol. The molecule has 0 bridgehead atoms. The van der Waals surface area contributed by atoms with Crippen molar-refractivity contribution in [1.82, 2.24) is 5.16 Å². The molecule has 1 aromatic heterocycles. The second-order valence-corrected chi connectivity index (χ2v) is 6.44. The summed E-state index contributed by atoms with van der Waals surface area (Å²) in [6.45, 7) is 2.02. The van der Waals surface area contributed by atoms with Gasteiger partial charge in [-0.05, 0) is 37.0 Å². The average molecular weight is 336 g/mol. The SMILES string of the molecule is Cc1ccc(-c2cc(NC(=O)C3CC3c3cccc(F)c3)on2)cc1. The van der Waals surface area contributed by atoms with Crippen LogP contribution in [-0.2, 0) is 4.79 Å². The van der Waals surface area contributed by atoms with Crippen LogP contribution in [0.4, 0.5) is 10.3 Å². The number of nitrogens with one attached hydrogen (secondary N) is 1. The fourth-order valence-electron chi connectivity index (χ4n) is 3.00. The lowest BCUT2D eigenvalue weighted by atomic mass is 10.1. The Bertz CT molecular complexity index is 917. The molecule has 25 heavy (non-hydrogen) atoms. The topological polar surface area (TPSA) is 55.1 Å². The van der Waals surface area contributed by atoms with Crippen LogP contribution >= 0.6 is 0 Å². The number of rotatable bonds is 4. The van der Waals surface area contributed by atoms with Crippen LogP contribution in [0.5, 0.6) is 0 Å². The molecule has 2 unspecified atom stereocenters.